The summed E-state index contributed by atoms with van der Waals surface area (Å²) >= 11 is 0. The Morgan fingerprint density at radius 2 is 1.56 bits per heavy atom. The third kappa shape index (κ3) is 8.66. The van der Waals surface area contributed by atoms with Crippen molar-refractivity contribution in [1.82, 2.24) is 5.32 Å². The summed E-state index contributed by atoms with van der Waals surface area (Å²) in [5.74, 6) is -2.08. The number of nitro groups is 1. The van der Waals surface area contributed by atoms with Crippen molar-refractivity contribution in [3.63, 3.8) is 0 Å². The number of benzene rings is 3. The van der Waals surface area contributed by atoms with Gasteiger partial charge in [0.05, 0.1) is 22.0 Å². The molecule has 0 bridgehead atoms. The second-order valence-corrected chi connectivity index (χ2v) is 10.1. The third-order valence-corrected chi connectivity index (χ3v) is 6.79. The van der Waals surface area contributed by atoms with Gasteiger partial charge in [0, 0.05) is 36.1 Å². The molecule has 2 N–H and O–H groups in total. The number of nitro benzene ring substituents is 1. The maximum Gasteiger partial charge on any atom is 0.337 e. The maximum atomic E-state index is 13.5. The average molecular weight is 612 g/mol. The van der Waals surface area contributed by atoms with E-state index in [9.17, 15) is 24.5 Å². The molecule has 4 rings (SSSR count). The minimum absolute atomic E-state index is 0.0300. The number of esters is 2. The van der Waals surface area contributed by atoms with Gasteiger partial charge in [-0.25, -0.2) is 9.59 Å². The van der Waals surface area contributed by atoms with Crippen molar-refractivity contribution in [3.8, 4) is 5.75 Å². The number of ether oxygens (including phenoxy) is 3. The van der Waals surface area contributed by atoms with Crippen LogP contribution in [0.2, 0.25) is 0 Å². The van der Waals surface area contributed by atoms with E-state index in [1.54, 1.807) is 50.3 Å². The molecule has 0 spiro atoms. The third-order valence-electron chi connectivity index (χ3n) is 6.79. The molecule has 232 valence electrons. The van der Waals surface area contributed by atoms with Crippen molar-refractivity contribution < 1.29 is 33.5 Å². The van der Waals surface area contributed by atoms with Crippen LogP contribution >= 0.6 is 0 Å². The molecular weight excluding hydrogens is 578 g/mol. The minimum atomic E-state index is -0.994. The highest BCUT2D eigenvalue weighted by molar-refractivity contribution is 6.00. The summed E-state index contributed by atoms with van der Waals surface area (Å²) in [5, 5.41) is 17.3. The number of amides is 1. The Bertz CT molecular complexity index is 1660. The number of anilines is 1. The highest BCUT2D eigenvalue weighted by Crippen LogP contribution is 2.40. The van der Waals surface area contributed by atoms with E-state index in [0.29, 0.717) is 28.4 Å². The van der Waals surface area contributed by atoms with Crippen LogP contribution < -0.4 is 15.4 Å². The van der Waals surface area contributed by atoms with E-state index in [4.69, 9.17) is 14.2 Å². The number of non-ortho nitro benzene ring substituents is 1. The van der Waals surface area contributed by atoms with Crippen molar-refractivity contribution >= 4 is 35.3 Å². The fraction of sp³-hybridized carbons (Fsp3) is 0.206. The van der Waals surface area contributed by atoms with Gasteiger partial charge in [-0.3, -0.25) is 14.9 Å². The van der Waals surface area contributed by atoms with Crippen LogP contribution in [0.3, 0.4) is 0 Å². The molecule has 45 heavy (non-hydrogen) atoms. The lowest BCUT2D eigenvalue weighted by atomic mass is 9.80. The second-order valence-electron chi connectivity index (χ2n) is 10.1. The molecule has 0 saturated carbocycles. The monoisotopic (exact) mass is 611 g/mol. The van der Waals surface area contributed by atoms with Gasteiger partial charge < -0.3 is 24.8 Å². The number of nitrogens with zero attached hydrogens (tertiary/aromatic N) is 1. The smallest absolute Gasteiger partial charge is 0.337 e. The first-order valence-electron chi connectivity index (χ1n) is 14.1. The van der Waals surface area contributed by atoms with Crippen LogP contribution in [0.5, 0.6) is 5.75 Å². The van der Waals surface area contributed by atoms with Gasteiger partial charge in [0.1, 0.15) is 25.6 Å². The SMILES string of the molecule is CC(=O)Nc1ccc(OCCOC(=O)C2=C(C)NC(C)=C(C(=O)OC/C=C\c3ccccc3)[C@H]2c2cccc([N+](=O)[O-])c2)cc1. The number of rotatable bonds is 12. The minimum Gasteiger partial charge on any atom is -0.490 e. The fourth-order valence-corrected chi connectivity index (χ4v) is 4.85. The zero-order valence-corrected chi connectivity index (χ0v) is 25.1. The largest absolute Gasteiger partial charge is 0.490 e. The Kier molecular flexibility index (Phi) is 10.8. The number of carbonyl (C=O) groups is 3. The van der Waals surface area contributed by atoms with E-state index in [2.05, 4.69) is 10.6 Å². The molecule has 3 aromatic rings. The molecule has 1 aliphatic heterocycles. The first-order chi connectivity index (χ1) is 21.6. The van der Waals surface area contributed by atoms with Crippen molar-refractivity contribution in [1.29, 1.82) is 0 Å². The van der Waals surface area contributed by atoms with Crippen molar-refractivity contribution in [2.24, 2.45) is 0 Å². The Balaban J connectivity index is 1.51. The molecule has 1 atom stereocenters. The summed E-state index contributed by atoms with van der Waals surface area (Å²) < 4.78 is 16.8. The quantitative estimate of drug-likeness (QED) is 0.115. The van der Waals surface area contributed by atoms with Gasteiger partial charge in [-0.2, -0.15) is 0 Å². The maximum absolute atomic E-state index is 13.5. The van der Waals surface area contributed by atoms with Gasteiger partial charge in [0.2, 0.25) is 5.91 Å². The van der Waals surface area contributed by atoms with Gasteiger partial charge in [-0.05, 0) is 55.3 Å². The molecule has 1 aliphatic rings. The van der Waals surface area contributed by atoms with Crippen LogP contribution in [0.1, 0.15) is 37.8 Å². The molecule has 0 aromatic heterocycles. The van der Waals surface area contributed by atoms with Crippen molar-refractivity contribution in [2.45, 2.75) is 26.7 Å². The Morgan fingerprint density at radius 1 is 0.889 bits per heavy atom. The average Bonchev–Trinajstić information content (AvgIpc) is 3.02. The van der Waals surface area contributed by atoms with Crippen LogP contribution in [0.15, 0.2) is 107 Å². The van der Waals surface area contributed by atoms with E-state index < -0.39 is 22.8 Å². The zero-order valence-electron chi connectivity index (χ0n) is 25.1. The molecule has 1 amide bonds. The Labute approximate surface area is 260 Å². The number of hydrogen-bond acceptors (Lipinski definition) is 9. The molecule has 0 unspecified atom stereocenters. The van der Waals surface area contributed by atoms with E-state index in [1.165, 1.54) is 25.1 Å². The van der Waals surface area contributed by atoms with Crippen LogP contribution in [-0.2, 0) is 23.9 Å². The molecular formula is C34H33N3O8. The van der Waals surface area contributed by atoms with Crippen LogP contribution in [0, 0.1) is 10.1 Å². The number of allylic oxidation sites excluding steroid dienone is 2. The summed E-state index contributed by atoms with van der Waals surface area (Å²) in [6.07, 6.45) is 3.52. The van der Waals surface area contributed by atoms with Gasteiger partial charge in [0.15, 0.2) is 0 Å². The van der Waals surface area contributed by atoms with Crippen molar-refractivity contribution in [3.05, 3.63) is 129 Å². The van der Waals surface area contributed by atoms with Crippen LogP contribution in [-0.4, -0.2) is 42.6 Å². The van der Waals surface area contributed by atoms with E-state index >= 15 is 0 Å². The highest BCUT2D eigenvalue weighted by atomic mass is 16.6. The molecule has 0 aliphatic carbocycles. The first-order valence-corrected chi connectivity index (χ1v) is 14.1. The lowest BCUT2D eigenvalue weighted by Crippen LogP contribution is -2.33. The molecule has 11 nitrogen and oxygen atoms in total. The van der Waals surface area contributed by atoms with Crippen molar-refractivity contribution in [2.75, 3.05) is 25.1 Å². The van der Waals surface area contributed by atoms with E-state index in [0.717, 1.165) is 5.56 Å². The number of nitrogens with one attached hydrogen (secondary N) is 2. The molecule has 1 heterocycles. The standard InChI is InChI=1S/C34H33N3O8/c1-22-30(33(39)44-18-8-11-25-9-5-4-6-10-25)32(26-12-7-13-28(21-26)37(41)42)31(23(2)35-22)34(40)45-20-19-43-29-16-14-27(15-17-29)36-24(3)38/h4-17,21,32,35H,18-20H2,1-3H3,(H,36,38)/b11-8-/t32-/m1/s1. The van der Waals surface area contributed by atoms with E-state index in [1.807, 2.05) is 36.4 Å². The number of dihydropyridines is 1. The highest BCUT2D eigenvalue weighted by Gasteiger charge is 2.38. The van der Waals surface area contributed by atoms with Gasteiger partial charge in [-0.15, -0.1) is 0 Å². The normalized spacial score (nSPS) is 14.5. The fourth-order valence-electron chi connectivity index (χ4n) is 4.85. The first kappa shape index (κ1) is 32.2. The predicted octanol–water partition coefficient (Wildman–Crippen LogP) is 5.67. The molecule has 3 aromatic carbocycles. The summed E-state index contributed by atoms with van der Waals surface area (Å²) in [5.41, 5.74) is 2.86. The van der Waals surface area contributed by atoms with Crippen LogP contribution in [0.25, 0.3) is 6.08 Å². The van der Waals surface area contributed by atoms with Gasteiger partial charge in [0.25, 0.3) is 5.69 Å². The molecule has 0 saturated heterocycles. The lowest BCUT2D eigenvalue weighted by molar-refractivity contribution is -0.384. The Hall–Kier alpha value is -5.71. The summed E-state index contributed by atoms with van der Waals surface area (Å²) in [6, 6.07) is 22.0. The molecule has 11 heteroatoms. The zero-order chi connectivity index (χ0) is 32.3. The summed E-state index contributed by atoms with van der Waals surface area (Å²) in [7, 11) is 0. The predicted molar refractivity (Wildman–Crippen MR) is 168 cm³/mol. The number of hydrogen-bond donors (Lipinski definition) is 2. The summed E-state index contributed by atoms with van der Waals surface area (Å²) in [4.78, 5) is 49.3. The number of carbonyl (C=O) groups excluding carboxylic acids is 3. The topological polar surface area (TPSA) is 146 Å². The van der Waals surface area contributed by atoms with Crippen LogP contribution in [0.4, 0.5) is 11.4 Å². The molecule has 0 radical (unpaired) electrons. The van der Waals surface area contributed by atoms with Gasteiger partial charge >= 0.3 is 11.9 Å². The van der Waals surface area contributed by atoms with E-state index in [-0.39, 0.29) is 42.6 Å². The Morgan fingerprint density at radius 3 is 2.20 bits per heavy atom. The lowest BCUT2D eigenvalue weighted by Gasteiger charge is -2.30. The van der Waals surface area contributed by atoms with Gasteiger partial charge in [-0.1, -0.05) is 48.5 Å². The molecule has 0 fully saturated rings. The second kappa shape index (κ2) is 15.1. The summed E-state index contributed by atoms with van der Waals surface area (Å²) in [6.45, 7) is 4.65.